The molecule has 1 spiro atoms. The smallest absolute Gasteiger partial charge is 0.306 e. The monoisotopic (exact) mass is 383 g/mol. The zero-order valence-corrected chi connectivity index (χ0v) is 16.8. The molecule has 5 heteroatoms. The minimum absolute atomic E-state index is 0.0527. The molecular formula is C23H29NO4. The van der Waals surface area contributed by atoms with E-state index in [1.807, 2.05) is 6.08 Å². The maximum absolute atomic E-state index is 12.5. The summed E-state index contributed by atoms with van der Waals surface area (Å²) in [5.74, 6) is -0.203. The third-order valence-corrected chi connectivity index (χ3v) is 9.03. The van der Waals surface area contributed by atoms with E-state index in [-0.39, 0.29) is 46.2 Å². The Morgan fingerprint density at radius 3 is 2.64 bits per heavy atom. The number of allylic oxidation sites excluding steroid dienone is 3. The summed E-state index contributed by atoms with van der Waals surface area (Å²) in [5.41, 5.74) is 7.58. The molecule has 5 nitrogen and oxygen atoms in total. The Kier molecular flexibility index (Phi) is 3.61. The molecule has 1 aliphatic heterocycles. The number of hydrogen-bond acceptors (Lipinski definition) is 4. The number of nitrogens with two attached hydrogens (primary N) is 1. The van der Waals surface area contributed by atoms with E-state index in [4.69, 9.17) is 10.5 Å². The third-order valence-electron chi connectivity index (χ3n) is 9.03. The van der Waals surface area contributed by atoms with Crippen LogP contribution >= 0.6 is 0 Å². The van der Waals surface area contributed by atoms with Gasteiger partial charge in [0.25, 0.3) is 0 Å². The summed E-state index contributed by atoms with van der Waals surface area (Å²) in [6.07, 6.45) is 10.2. The lowest BCUT2D eigenvalue weighted by molar-refractivity contribution is -0.161. The Morgan fingerprint density at radius 1 is 1.18 bits per heavy atom. The second-order valence-electron chi connectivity index (χ2n) is 10.1. The molecule has 4 aliphatic carbocycles. The van der Waals surface area contributed by atoms with Gasteiger partial charge in [-0.1, -0.05) is 37.1 Å². The van der Waals surface area contributed by atoms with Crippen molar-refractivity contribution in [3.8, 4) is 0 Å². The highest BCUT2D eigenvalue weighted by Gasteiger charge is 2.66. The molecule has 2 N–H and O–H groups in total. The van der Waals surface area contributed by atoms with Crippen LogP contribution in [0.5, 0.6) is 0 Å². The van der Waals surface area contributed by atoms with Gasteiger partial charge in [-0.25, -0.2) is 0 Å². The molecule has 0 aromatic heterocycles. The van der Waals surface area contributed by atoms with Crippen molar-refractivity contribution >= 4 is 17.7 Å². The highest BCUT2D eigenvalue weighted by molar-refractivity contribution is 5.85. The van der Waals surface area contributed by atoms with E-state index in [1.165, 1.54) is 5.57 Å². The van der Waals surface area contributed by atoms with Crippen molar-refractivity contribution < 1.29 is 19.1 Å². The Morgan fingerprint density at radius 2 is 1.96 bits per heavy atom. The largest absolute Gasteiger partial charge is 0.458 e. The fourth-order valence-corrected chi connectivity index (χ4v) is 7.36. The van der Waals surface area contributed by atoms with Crippen molar-refractivity contribution in [2.24, 2.45) is 34.3 Å². The van der Waals surface area contributed by atoms with Gasteiger partial charge in [-0.05, 0) is 43.9 Å². The van der Waals surface area contributed by atoms with Crippen LogP contribution in [-0.4, -0.2) is 23.3 Å². The number of carbonyl (C=O) groups is 3. The van der Waals surface area contributed by atoms with Gasteiger partial charge in [-0.15, -0.1) is 0 Å². The predicted molar refractivity (Wildman–Crippen MR) is 103 cm³/mol. The van der Waals surface area contributed by atoms with Gasteiger partial charge in [0.15, 0.2) is 0 Å². The average molecular weight is 383 g/mol. The van der Waals surface area contributed by atoms with E-state index < -0.39 is 5.60 Å². The van der Waals surface area contributed by atoms with Gasteiger partial charge in [0.1, 0.15) is 11.4 Å². The quantitative estimate of drug-likeness (QED) is 0.556. The molecule has 0 aromatic rings. The van der Waals surface area contributed by atoms with Gasteiger partial charge >= 0.3 is 5.97 Å². The number of hydrogen-bond donors (Lipinski definition) is 1. The zero-order valence-electron chi connectivity index (χ0n) is 16.8. The predicted octanol–water partition coefficient (Wildman–Crippen LogP) is 3.23. The van der Waals surface area contributed by atoms with Crippen LogP contribution in [0.3, 0.4) is 0 Å². The van der Waals surface area contributed by atoms with Crippen LogP contribution in [0.15, 0.2) is 23.3 Å². The molecule has 0 aromatic carbocycles. The minimum atomic E-state index is -0.396. The van der Waals surface area contributed by atoms with Crippen LogP contribution in [0.4, 0.5) is 0 Å². The Balaban J connectivity index is 1.63. The van der Waals surface area contributed by atoms with Gasteiger partial charge in [0, 0.05) is 30.1 Å². The topological polar surface area (TPSA) is 86.5 Å². The van der Waals surface area contributed by atoms with Crippen LogP contribution in [0, 0.1) is 28.6 Å². The molecule has 0 bridgehead atoms. The molecule has 2 saturated carbocycles. The second kappa shape index (κ2) is 5.58. The van der Waals surface area contributed by atoms with Crippen molar-refractivity contribution in [1.82, 2.24) is 0 Å². The first-order valence-corrected chi connectivity index (χ1v) is 10.6. The van der Waals surface area contributed by atoms with Crippen molar-refractivity contribution in [2.45, 2.75) is 70.8 Å². The lowest BCUT2D eigenvalue weighted by Crippen LogP contribution is -2.53. The lowest BCUT2D eigenvalue weighted by atomic mass is 9.49. The number of esters is 1. The van der Waals surface area contributed by atoms with E-state index >= 15 is 0 Å². The van der Waals surface area contributed by atoms with E-state index in [2.05, 4.69) is 19.9 Å². The number of amides is 1. The summed E-state index contributed by atoms with van der Waals surface area (Å²) < 4.78 is 5.96. The van der Waals surface area contributed by atoms with Crippen LogP contribution in [0.2, 0.25) is 0 Å². The van der Waals surface area contributed by atoms with Gasteiger partial charge in [0.05, 0.1) is 5.92 Å². The van der Waals surface area contributed by atoms with Crippen LogP contribution in [0.1, 0.15) is 65.2 Å². The lowest BCUT2D eigenvalue weighted by Gasteiger charge is -2.55. The highest BCUT2D eigenvalue weighted by atomic mass is 16.6. The van der Waals surface area contributed by atoms with Gasteiger partial charge in [-0.2, -0.15) is 0 Å². The molecule has 6 atom stereocenters. The molecular weight excluding hydrogens is 354 g/mol. The number of carbonyl (C=O) groups excluding carboxylic acids is 3. The molecule has 1 amide bonds. The molecule has 0 radical (unpaired) electrons. The van der Waals surface area contributed by atoms with Crippen molar-refractivity contribution in [3.05, 3.63) is 23.3 Å². The summed E-state index contributed by atoms with van der Waals surface area (Å²) in [6, 6.07) is 0. The van der Waals surface area contributed by atoms with E-state index in [1.54, 1.807) is 0 Å². The molecule has 150 valence electrons. The molecule has 2 unspecified atom stereocenters. The summed E-state index contributed by atoms with van der Waals surface area (Å²) in [6.45, 7) is 4.49. The number of primary amides is 1. The van der Waals surface area contributed by atoms with Crippen LogP contribution in [0.25, 0.3) is 0 Å². The van der Waals surface area contributed by atoms with Crippen molar-refractivity contribution in [3.63, 3.8) is 0 Å². The van der Waals surface area contributed by atoms with E-state index in [9.17, 15) is 14.4 Å². The molecule has 28 heavy (non-hydrogen) atoms. The Bertz CT molecular complexity index is 857. The highest BCUT2D eigenvalue weighted by Crippen LogP contribution is 2.68. The molecule has 1 saturated heterocycles. The number of Topliss-reactive ketones (excluding diaryl/α,β-unsaturated/α-hetero) is 1. The van der Waals surface area contributed by atoms with E-state index in [0.29, 0.717) is 19.3 Å². The zero-order chi connectivity index (χ0) is 19.9. The molecule has 1 heterocycles. The molecule has 5 rings (SSSR count). The Labute approximate surface area is 165 Å². The standard InChI is InChI=1S/C23H29NO4/c1-21-7-3-14(25)11-13(21)12-15(20(24)27)19-16(21)4-8-22(2)17(19)5-9-23(22)10-6-18(26)28-23/h4,12,15,17,19H,3,5-11H2,1-2H3,(H2,24,27)/t15-,17?,19?,21+,22+,23-/m1/s1. The molecule has 5 aliphatic rings. The normalized spacial score (nSPS) is 47.0. The summed E-state index contributed by atoms with van der Waals surface area (Å²) >= 11 is 0. The van der Waals surface area contributed by atoms with Crippen LogP contribution < -0.4 is 5.73 Å². The van der Waals surface area contributed by atoms with Gasteiger partial charge < -0.3 is 10.5 Å². The van der Waals surface area contributed by atoms with Crippen molar-refractivity contribution in [2.75, 3.05) is 0 Å². The SMILES string of the molecule is C[C@]12CCC(=O)CC1=C[C@@H](C(N)=O)C1C2=CC[C@@]2(C)C1CC[C@@]21CCC(=O)O1. The number of ether oxygens (including phenoxy) is 1. The first kappa shape index (κ1) is 18.1. The number of fused-ring (bicyclic) bond motifs is 6. The Hall–Kier alpha value is -1.91. The average Bonchev–Trinajstić information content (AvgIpc) is 3.16. The van der Waals surface area contributed by atoms with Crippen molar-refractivity contribution in [1.29, 1.82) is 0 Å². The second-order valence-corrected chi connectivity index (χ2v) is 10.1. The van der Waals surface area contributed by atoms with Gasteiger partial charge in [0.2, 0.25) is 5.91 Å². The van der Waals surface area contributed by atoms with Crippen LogP contribution in [-0.2, 0) is 19.1 Å². The van der Waals surface area contributed by atoms with Gasteiger partial charge in [-0.3, -0.25) is 14.4 Å². The summed E-state index contributed by atoms with van der Waals surface area (Å²) in [4.78, 5) is 36.6. The summed E-state index contributed by atoms with van der Waals surface area (Å²) in [5, 5.41) is 0. The molecule has 3 fully saturated rings. The third kappa shape index (κ3) is 2.11. The number of ketones is 1. The fraction of sp³-hybridized carbons (Fsp3) is 0.696. The summed E-state index contributed by atoms with van der Waals surface area (Å²) in [7, 11) is 0. The minimum Gasteiger partial charge on any atom is -0.458 e. The maximum Gasteiger partial charge on any atom is 0.306 e. The number of rotatable bonds is 1. The first-order valence-electron chi connectivity index (χ1n) is 10.6. The van der Waals surface area contributed by atoms with E-state index in [0.717, 1.165) is 37.7 Å². The maximum atomic E-state index is 12.5. The first-order chi connectivity index (χ1) is 13.2. The fourth-order valence-electron chi connectivity index (χ4n) is 7.36.